The fraction of sp³-hybridized carbons (Fsp3) is 0.576. The van der Waals surface area contributed by atoms with Gasteiger partial charge in [0.25, 0.3) is 17.7 Å². The third-order valence-electron chi connectivity index (χ3n) is 15.8. The zero-order valence-electron chi connectivity index (χ0n) is 43.9. The van der Waals surface area contributed by atoms with E-state index < -0.39 is 6.23 Å². The van der Waals surface area contributed by atoms with Crippen LogP contribution >= 0.6 is 22.7 Å². The Morgan fingerprint density at radius 1 is 0.507 bits per heavy atom. The molecule has 5 atom stereocenters. The number of carbonyl (C=O) groups excluding carboxylic acids is 3. The SMILES string of the molecule is CCCCC(CC)CN1C(=O)C2=C(c3cc4sc(C5=C6C(=C(c7ccco7)N(CC(CCC)CCCC)C6O)C(=O)N5CC(CC)CCCC)cc4s3)N(CC(CC)CCCC)C(=O)C2=C1c1ccco1. The maximum atomic E-state index is 15.3. The zero-order valence-corrected chi connectivity index (χ0v) is 45.6. The number of nitrogens with zero attached hydrogens (tertiary/aromatic N) is 4. The molecule has 0 bridgehead atoms. The number of amides is 3. The van der Waals surface area contributed by atoms with Gasteiger partial charge in [0.15, 0.2) is 17.7 Å². The summed E-state index contributed by atoms with van der Waals surface area (Å²) in [6, 6.07) is 11.8. The van der Waals surface area contributed by atoms with Crippen molar-refractivity contribution in [3.05, 3.63) is 92.5 Å². The van der Waals surface area contributed by atoms with Crippen molar-refractivity contribution in [1.82, 2.24) is 19.6 Å². The summed E-state index contributed by atoms with van der Waals surface area (Å²) in [6.07, 6.45) is 20.0. The number of furan rings is 2. The van der Waals surface area contributed by atoms with Gasteiger partial charge in [-0.1, -0.05) is 132 Å². The molecule has 4 aliphatic heterocycles. The highest BCUT2D eigenvalue weighted by atomic mass is 32.1. The molecule has 0 aliphatic carbocycles. The Labute approximate surface area is 431 Å². The van der Waals surface area contributed by atoms with Crippen LogP contribution in [0.5, 0.6) is 0 Å². The van der Waals surface area contributed by atoms with Gasteiger partial charge >= 0.3 is 0 Å². The third kappa shape index (κ3) is 10.5. The predicted molar refractivity (Wildman–Crippen MR) is 290 cm³/mol. The monoisotopic (exact) mass is 1000 g/mol. The lowest BCUT2D eigenvalue weighted by Crippen LogP contribution is -2.36. The van der Waals surface area contributed by atoms with E-state index in [1.54, 1.807) is 35.2 Å². The minimum absolute atomic E-state index is 0.0763. The van der Waals surface area contributed by atoms with Gasteiger partial charge in [0, 0.05) is 41.2 Å². The van der Waals surface area contributed by atoms with E-state index in [0.29, 0.717) is 88.9 Å². The Morgan fingerprint density at radius 2 is 0.930 bits per heavy atom. The first kappa shape index (κ1) is 52.7. The summed E-state index contributed by atoms with van der Waals surface area (Å²) >= 11 is 3.23. The van der Waals surface area contributed by atoms with Crippen LogP contribution in [0, 0.1) is 23.7 Å². The quantitative estimate of drug-likeness (QED) is 0.0577. The maximum Gasteiger partial charge on any atom is 0.261 e. The average molecular weight is 1010 g/mol. The molecule has 1 N–H and O–H groups in total. The van der Waals surface area contributed by atoms with Crippen LogP contribution in [0.4, 0.5) is 0 Å². The second-order valence-electron chi connectivity index (χ2n) is 20.7. The first-order valence-electron chi connectivity index (χ1n) is 27.6. The molecule has 0 fully saturated rings. The average Bonchev–Trinajstić information content (AvgIpc) is 4.26. The van der Waals surface area contributed by atoms with E-state index in [9.17, 15) is 5.11 Å². The van der Waals surface area contributed by atoms with Gasteiger partial charge < -0.3 is 33.5 Å². The van der Waals surface area contributed by atoms with Gasteiger partial charge in [-0.3, -0.25) is 14.4 Å². The van der Waals surface area contributed by atoms with Gasteiger partial charge in [-0.2, -0.15) is 0 Å². The van der Waals surface area contributed by atoms with E-state index in [1.807, 2.05) is 39.0 Å². The van der Waals surface area contributed by atoms with E-state index in [0.717, 1.165) is 134 Å². The van der Waals surface area contributed by atoms with Crippen molar-refractivity contribution in [1.29, 1.82) is 0 Å². The van der Waals surface area contributed by atoms with Gasteiger partial charge in [-0.15, -0.1) is 22.7 Å². The topological polar surface area (TPSA) is 111 Å². The highest BCUT2D eigenvalue weighted by molar-refractivity contribution is 7.28. The Hall–Kier alpha value is -4.65. The van der Waals surface area contributed by atoms with Crippen LogP contribution in [0.25, 0.3) is 32.2 Å². The van der Waals surface area contributed by atoms with Gasteiger partial charge in [-0.05, 0) is 92.2 Å². The van der Waals surface area contributed by atoms with Crippen LogP contribution in [0.3, 0.4) is 0 Å². The summed E-state index contributed by atoms with van der Waals surface area (Å²) in [7, 11) is 0. The van der Waals surface area contributed by atoms with E-state index in [2.05, 4.69) is 72.4 Å². The minimum atomic E-state index is -1.02. The smallest absolute Gasteiger partial charge is 0.261 e. The predicted octanol–water partition coefficient (Wildman–Crippen LogP) is 14.8. The Balaban J connectivity index is 1.27. The van der Waals surface area contributed by atoms with Crippen molar-refractivity contribution >= 4 is 72.6 Å². The molecular formula is C59H80N4O6S2. The van der Waals surface area contributed by atoms with Crippen molar-refractivity contribution in [3.8, 4) is 0 Å². The largest absolute Gasteiger partial charge is 0.463 e. The second-order valence-corrected chi connectivity index (χ2v) is 22.8. The van der Waals surface area contributed by atoms with E-state index >= 15 is 14.4 Å². The fourth-order valence-corrected chi connectivity index (χ4v) is 14.1. The number of hydrogen-bond donors (Lipinski definition) is 1. The lowest BCUT2D eigenvalue weighted by molar-refractivity contribution is -0.124. The van der Waals surface area contributed by atoms with E-state index in [4.69, 9.17) is 8.83 Å². The highest BCUT2D eigenvalue weighted by Gasteiger charge is 2.52. The molecule has 71 heavy (non-hydrogen) atoms. The molecule has 8 heterocycles. The Kier molecular flexibility index (Phi) is 17.7. The molecule has 5 unspecified atom stereocenters. The molecule has 384 valence electrons. The summed E-state index contributed by atoms with van der Waals surface area (Å²) in [5.41, 5.74) is 4.93. The lowest BCUT2D eigenvalue weighted by atomic mass is 9.96. The molecule has 4 aromatic rings. The van der Waals surface area contributed by atoms with Gasteiger partial charge in [0.2, 0.25) is 0 Å². The highest BCUT2D eigenvalue weighted by Crippen LogP contribution is 2.54. The van der Waals surface area contributed by atoms with Gasteiger partial charge in [0.1, 0.15) is 5.70 Å². The summed E-state index contributed by atoms with van der Waals surface area (Å²) in [6.45, 7) is 19.9. The van der Waals surface area contributed by atoms with Crippen molar-refractivity contribution in [2.45, 2.75) is 171 Å². The first-order valence-corrected chi connectivity index (χ1v) is 29.2. The van der Waals surface area contributed by atoms with Crippen LogP contribution in [0.1, 0.15) is 186 Å². The van der Waals surface area contributed by atoms with Crippen molar-refractivity contribution in [2.24, 2.45) is 23.7 Å². The Morgan fingerprint density at radius 3 is 1.38 bits per heavy atom. The number of hydrogen-bond acceptors (Lipinski definition) is 9. The van der Waals surface area contributed by atoms with Crippen molar-refractivity contribution in [3.63, 3.8) is 0 Å². The molecule has 0 saturated heterocycles. The lowest BCUT2D eigenvalue weighted by Gasteiger charge is -2.32. The molecule has 12 heteroatoms. The second kappa shape index (κ2) is 23.9. The molecular weight excluding hydrogens is 925 g/mol. The minimum Gasteiger partial charge on any atom is -0.463 e. The standard InChI is InChI=1S/C59H80N4O6S2/c1-9-17-24-38(14-6)34-60-52(42-28-21-30-68-42)48-50(58(60)66)54(62(56(48)64)35-39(15-7)25-18-10-2)46-32-44-45(70-46)33-47(71-44)55-51-49(57(65)63(55)36-40(16-8)26-19-11-3)53(43-29-22-31-69-43)61(59(51)67)37-41(23-13-5)27-20-12-4/h21-22,28-33,38-41,59,67H,9-20,23-27,34-37H2,1-8H3. The molecule has 10 nitrogen and oxygen atoms in total. The zero-order chi connectivity index (χ0) is 50.3. The molecule has 0 radical (unpaired) electrons. The maximum absolute atomic E-state index is 15.3. The molecule has 4 aromatic heterocycles. The number of unbranched alkanes of at least 4 members (excludes halogenated alkanes) is 4. The van der Waals surface area contributed by atoms with Crippen LogP contribution in [0.2, 0.25) is 0 Å². The molecule has 0 saturated carbocycles. The summed E-state index contributed by atoms with van der Waals surface area (Å²) in [5.74, 6) is 2.02. The Bertz CT molecular complexity index is 2580. The number of thiophene rings is 2. The molecule has 8 rings (SSSR count). The third-order valence-corrected chi connectivity index (χ3v) is 18.1. The molecule has 0 spiro atoms. The molecule has 4 aliphatic rings. The summed E-state index contributed by atoms with van der Waals surface area (Å²) in [4.78, 5) is 55.3. The summed E-state index contributed by atoms with van der Waals surface area (Å²) in [5, 5.41) is 12.7. The molecule has 3 amide bonds. The molecule has 0 aromatic carbocycles. The first-order chi connectivity index (χ1) is 34.6. The van der Waals surface area contributed by atoms with Crippen LogP contribution in [0.15, 0.2) is 80.1 Å². The van der Waals surface area contributed by atoms with E-state index in [1.165, 1.54) is 0 Å². The van der Waals surface area contributed by atoms with Crippen LogP contribution in [-0.2, 0) is 14.4 Å². The van der Waals surface area contributed by atoms with Crippen molar-refractivity contribution < 1.29 is 28.3 Å². The van der Waals surface area contributed by atoms with Gasteiger partial charge in [0.05, 0.1) is 56.1 Å². The number of carbonyl (C=O) groups is 3. The number of aliphatic hydroxyl groups excluding tert-OH is 1. The normalized spacial score (nSPS) is 19.1. The van der Waals surface area contributed by atoms with Crippen molar-refractivity contribution in [2.75, 3.05) is 26.2 Å². The van der Waals surface area contributed by atoms with Crippen LogP contribution in [-0.4, -0.2) is 74.8 Å². The van der Waals surface area contributed by atoms with Crippen LogP contribution < -0.4 is 0 Å². The fourth-order valence-electron chi connectivity index (χ4n) is 11.6. The van der Waals surface area contributed by atoms with Gasteiger partial charge in [-0.25, -0.2) is 0 Å². The summed E-state index contributed by atoms with van der Waals surface area (Å²) < 4.78 is 14.2. The number of fused-ring (bicyclic) bond motifs is 3. The van der Waals surface area contributed by atoms with E-state index in [-0.39, 0.29) is 29.6 Å². The number of aliphatic hydroxyl groups is 1. The number of rotatable bonds is 29.